The Kier molecular flexibility index (Phi) is 4.51. The summed E-state index contributed by atoms with van der Waals surface area (Å²) in [4.78, 5) is 12.1. The summed E-state index contributed by atoms with van der Waals surface area (Å²) in [6.07, 6.45) is 1.47. The minimum Gasteiger partial charge on any atom is -0.294 e. The molecule has 0 heterocycles. The molecule has 2 rings (SSSR count). The van der Waals surface area contributed by atoms with Crippen molar-refractivity contribution in [1.82, 2.24) is 0 Å². The van der Waals surface area contributed by atoms with Gasteiger partial charge in [-0.3, -0.25) is 4.79 Å². The molecule has 0 unspecified atom stereocenters. The zero-order valence-electron chi connectivity index (χ0n) is 11.6. The van der Waals surface area contributed by atoms with Gasteiger partial charge in [-0.2, -0.15) is 13.2 Å². The Morgan fingerprint density at radius 2 is 1.90 bits per heavy atom. The van der Waals surface area contributed by atoms with Gasteiger partial charge in [-0.1, -0.05) is 37.8 Å². The molecule has 20 heavy (non-hydrogen) atoms. The third kappa shape index (κ3) is 3.41. The highest BCUT2D eigenvalue weighted by Gasteiger charge is 2.33. The van der Waals surface area contributed by atoms with Crippen LogP contribution in [0.3, 0.4) is 0 Å². The van der Waals surface area contributed by atoms with Crippen molar-refractivity contribution in [3.63, 3.8) is 0 Å². The lowest BCUT2D eigenvalue weighted by molar-refractivity contribution is -0.138. The van der Waals surface area contributed by atoms with E-state index in [9.17, 15) is 18.0 Å². The number of Topliss-reactive ketones (excluding diaryl/α,β-unsaturated/α-hetero) is 1. The van der Waals surface area contributed by atoms with Gasteiger partial charge < -0.3 is 0 Å². The van der Waals surface area contributed by atoms with Crippen molar-refractivity contribution in [1.29, 1.82) is 0 Å². The number of hydrogen-bond acceptors (Lipinski definition) is 1. The predicted octanol–water partition coefficient (Wildman–Crippen LogP) is 5.17. The molecule has 1 aromatic rings. The zero-order valence-corrected chi connectivity index (χ0v) is 11.6. The summed E-state index contributed by atoms with van der Waals surface area (Å²) in [5, 5.41) is 0. The number of rotatable bonds is 4. The summed E-state index contributed by atoms with van der Waals surface area (Å²) < 4.78 is 38.4. The van der Waals surface area contributed by atoms with E-state index in [-0.39, 0.29) is 16.9 Å². The first-order valence-electron chi connectivity index (χ1n) is 7.09. The summed E-state index contributed by atoms with van der Waals surface area (Å²) in [6.45, 7) is 1.38. The van der Waals surface area contributed by atoms with Crippen LogP contribution >= 0.6 is 0 Å². The van der Waals surface area contributed by atoms with E-state index in [1.807, 2.05) is 0 Å². The van der Waals surface area contributed by atoms with Crippen LogP contribution in [-0.4, -0.2) is 5.78 Å². The average molecular weight is 284 g/mol. The van der Waals surface area contributed by atoms with E-state index in [0.717, 1.165) is 25.3 Å². The molecule has 1 aliphatic rings. The molecule has 0 amide bonds. The van der Waals surface area contributed by atoms with Crippen molar-refractivity contribution in [2.24, 2.45) is 5.92 Å². The molecule has 4 heteroatoms. The molecule has 0 bridgehead atoms. The minimum atomic E-state index is -4.40. The van der Waals surface area contributed by atoms with E-state index in [0.29, 0.717) is 12.3 Å². The molecule has 0 aromatic heterocycles. The predicted molar refractivity (Wildman–Crippen MR) is 71.7 cm³/mol. The van der Waals surface area contributed by atoms with E-state index < -0.39 is 11.7 Å². The quantitative estimate of drug-likeness (QED) is 0.697. The van der Waals surface area contributed by atoms with Crippen molar-refractivity contribution >= 4 is 5.78 Å². The summed E-state index contributed by atoms with van der Waals surface area (Å²) in [5.41, 5.74) is -0.432. The van der Waals surface area contributed by atoms with Crippen LogP contribution < -0.4 is 0 Å². The first-order chi connectivity index (χ1) is 9.39. The first-order valence-corrected chi connectivity index (χ1v) is 7.09. The number of hydrogen-bond donors (Lipinski definition) is 0. The first kappa shape index (κ1) is 15.1. The maximum absolute atomic E-state index is 12.8. The van der Waals surface area contributed by atoms with Crippen molar-refractivity contribution < 1.29 is 18.0 Å². The number of ketones is 1. The monoisotopic (exact) mass is 284 g/mol. The van der Waals surface area contributed by atoms with Crippen LogP contribution in [0.1, 0.15) is 60.0 Å². The van der Waals surface area contributed by atoms with E-state index >= 15 is 0 Å². The summed E-state index contributed by atoms with van der Waals surface area (Å²) >= 11 is 0. The summed E-state index contributed by atoms with van der Waals surface area (Å²) in [5.74, 6) is 0.408. The molecular weight excluding hydrogens is 265 g/mol. The van der Waals surface area contributed by atoms with Crippen LogP contribution in [0.5, 0.6) is 0 Å². The molecule has 0 spiro atoms. The highest BCUT2D eigenvalue weighted by Crippen LogP contribution is 2.34. The summed E-state index contributed by atoms with van der Waals surface area (Å²) in [7, 11) is 0. The molecule has 1 saturated carbocycles. The second kappa shape index (κ2) is 5.98. The van der Waals surface area contributed by atoms with Crippen LogP contribution in [-0.2, 0) is 6.18 Å². The number of carbonyl (C=O) groups is 1. The minimum absolute atomic E-state index is 0.0522. The van der Waals surface area contributed by atoms with E-state index in [1.54, 1.807) is 0 Å². The van der Waals surface area contributed by atoms with Crippen LogP contribution in [0.25, 0.3) is 0 Å². The maximum Gasteiger partial charge on any atom is 0.416 e. The van der Waals surface area contributed by atoms with Crippen molar-refractivity contribution in [3.05, 3.63) is 34.9 Å². The van der Waals surface area contributed by atoms with Crippen LogP contribution in [0.2, 0.25) is 0 Å². The van der Waals surface area contributed by atoms with Gasteiger partial charge in [0.15, 0.2) is 5.78 Å². The Balaban J connectivity index is 2.09. The molecule has 1 aliphatic carbocycles. The van der Waals surface area contributed by atoms with Crippen LogP contribution in [0, 0.1) is 12.8 Å². The second-order valence-electron chi connectivity index (χ2n) is 5.59. The molecule has 110 valence electrons. The lowest BCUT2D eigenvalue weighted by Gasteiger charge is -2.14. The van der Waals surface area contributed by atoms with Gasteiger partial charge in [-0.15, -0.1) is 0 Å². The molecule has 1 aromatic carbocycles. The molecule has 1 fully saturated rings. The standard InChI is InChI=1S/C16H19F3O/c1-11-13(7-4-8-14(11)16(17,18)19)15(20)10-9-12-5-2-3-6-12/h4,7-8,12H,2-3,5-6,9-10H2,1H3. The molecule has 0 saturated heterocycles. The number of alkyl halides is 3. The lowest BCUT2D eigenvalue weighted by atomic mass is 9.93. The molecule has 0 radical (unpaired) electrons. The van der Waals surface area contributed by atoms with Gasteiger partial charge in [0, 0.05) is 12.0 Å². The third-order valence-corrected chi connectivity index (χ3v) is 4.19. The highest BCUT2D eigenvalue weighted by atomic mass is 19.4. The number of carbonyl (C=O) groups excluding carboxylic acids is 1. The Morgan fingerprint density at radius 1 is 1.25 bits per heavy atom. The normalized spacial score (nSPS) is 16.6. The van der Waals surface area contributed by atoms with E-state index in [2.05, 4.69) is 0 Å². The second-order valence-corrected chi connectivity index (χ2v) is 5.59. The lowest BCUT2D eigenvalue weighted by Crippen LogP contribution is -2.12. The Hall–Kier alpha value is -1.32. The molecular formula is C16H19F3O. The molecule has 0 N–H and O–H groups in total. The van der Waals surface area contributed by atoms with Crippen LogP contribution in [0.4, 0.5) is 13.2 Å². The van der Waals surface area contributed by atoms with Gasteiger partial charge in [-0.25, -0.2) is 0 Å². The van der Waals surface area contributed by atoms with Crippen molar-refractivity contribution in [2.75, 3.05) is 0 Å². The largest absolute Gasteiger partial charge is 0.416 e. The van der Waals surface area contributed by atoms with Gasteiger partial charge in [-0.05, 0) is 30.9 Å². The van der Waals surface area contributed by atoms with Gasteiger partial charge in [0.05, 0.1) is 5.56 Å². The Labute approximate surface area is 117 Å². The topological polar surface area (TPSA) is 17.1 Å². The zero-order chi connectivity index (χ0) is 14.8. The van der Waals surface area contributed by atoms with Crippen molar-refractivity contribution in [2.45, 2.75) is 51.6 Å². The molecule has 0 atom stereocenters. The Bertz CT molecular complexity index is 485. The summed E-state index contributed by atoms with van der Waals surface area (Å²) in [6, 6.07) is 3.85. The van der Waals surface area contributed by atoms with Gasteiger partial charge in [0.1, 0.15) is 0 Å². The third-order valence-electron chi connectivity index (χ3n) is 4.19. The SMILES string of the molecule is Cc1c(C(=O)CCC2CCCC2)cccc1C(F)(F)F. The number of halogens is 3. The fraction of sp³-hybridized carbons (Fsp3) is 0.562. The van der Waals surface area contributed by atoms with Crippen molar-refractivity contribution in [3.8, 4) is 0 Å². The van der Waals surface area contributed by atoms with E-state index in [4.69, 9.17) is 0 Å². The van der Waals surface area contributed by atoms with Gasteiger partial charge in [0.25, 0.3) is 0 Å². The highest BCUT2D eigenvalue weighted by molar-refractivity contribution is 5.97. The average Bonchev–Trinajstić information content (AvgIpc) is 2.88. The van der Waals surface area contributed by atoms with Crippen LogP contribution in [0.15, 0.2) is 18.2 Å². The fourth-order valence-corrected chi connectivity index (χ4v) is 3.01. The molecule has 0 aliphatic heterocycles. The van der Waals surface area contributed by atoms with Gasteiger partial charge >= 0.3 is 6.18 Å². The van der Waals surface area contributed by atoms with E-state index in [1.165, 1.54) is 31.9 Å². The smallest absolute Gasteiger partial charge is 0.294 e. The Morgan fingerprint density at radius 3 is 2.50 bits per heavy atom. The molecule has 1 nitrogen and oxygen atoms in total. The number of benzene rings is 1. The van der Waals surface area contributed by atoms with Gasteiger partial charge in [0.2, 0.25) is 0 Å². The fourth-order valence-electron chi connectivity index (χ4n) is 3.01. The maximum atomic E-state index is 12.8.